The number of aromatic nitrogens is 4. The van der Waals surface area contributed by atoms with Crippen LogP contribution in [-0.4, -0.2) is 32.3 Å². The second-order valence-corrected chi connectivity index (χ2v) is 6.32. The van der Waals surface area contributed by atoms with Gasteiger partial charge in [-0.2, -0.15) is 5.10 Å². The molecule has 27 heavy (non-hydrogen) atoms. The standard InChI is InChI=1S/C19H21N5O2S/c1-3-26-15-8-6-14(7-9-15)18-22-23-19(27)24(18)12-10-16(25)21-17-13(2)5-4-11-20-17/h4-9,11H,3,10,12H2,1-2H3,(H,23,27)(H,20,21,25). The van der Waals surface area contributed by atoms with E-state index in [2.05, 4.69) is 20.5 Å². The molecule has 1 aromatic carbocycles. The normalized spacial score (nSPS) is 10.6. The third-order valence-corrected chi connectivity index (χ3v) is 4.32. The highest BCUT2D eigenvalue weighted by Crippen LogP contribution is 2.21. The highest BCUT2D eigenvalue weighted by atomic mass is 32.1. The molecule has 0 unspecified atom stereocenters. The van der Waals surface area contributed by atoms with Gasteiger partial charge in [0, 0.05) is 24.7 Å². The maximum absolute atomic E-state index is 12.3. The van der Waals surface area contributed by atoms with Crippen LogP contribution in [0.25, 0.3) is 11.4 Å². The molecule has 0 aliphatic rings. The number of nitrogens with one attached hydrogen (secondary N) is 2. The third-order valence-electron chi connectivity index (χ3n) is 4.01. The van der Waals surface area contributed by atoms with Gasteiger partial charge >= 0.3 is 0 Å². The number of H-pyrrole nitrogens is 1. The Kier molecular flexibility index (Phi) is 5.97. The summed E-state index contributed by atoms with van der Waals surface area (Å²) >= 11 is 5.32. The van der Waals surface area contributed by atoms with Gasteiger partial charge in [-0.1, -0.05) is 6.07 Å². The number of ether oxygens (including phenoxy) is 1. The molecule has 2 N–H and O–H groups in total. The number of aromatic amines is 1. The fourth-order valence-corrected chi connectivity index (χ4v) is 2.86. The van der Waals surface area contributed by atoms with Gasteiger partial charge in [0.05, 0.1) is 6.61 Å². The summed E-state index contributed by atoms with van der Waals surface area (Å²) in [5.41, 5.74) is 1.81. The molecule has 0 aliphatic heterocycles. The number of hydrogen-bond acceptors (Lipinski definition) is 5. The molecule has 0 fully saturated rings. The largest absolute Gasteiger partial charge is 0.494 e. The first-order chi connectivity index (χ1) is 13.1. The third kappa shape index (κ3) is 4.59. The van der Waals surface area contributed by atoms with Gasteiger partial charge in [0.2, 0.25) is 5.91 Å². The summed E-state index contributed by atoms with van der Waals surface area (Å²) in [7, 11) is 0. The molecule has 2 aromatic heterocycles. The van der Waals surface area contributed by atoms with Gasteiger partial charge in [-0.05, 0) is 62.0 Å². The van der Waals surface area contributed by atoms with Crippen LogP contribution in [0.15, 0.2) is 42.6 Å². The van der Waals surface area contributed by atoms with Crippen molar-refractivity contribution in [3.05, 3.63) is 52.9 Å². The molecule has 3 rings (SSSR count). The predicted molar refractivity (Wildman–Crippen MR) is 106 cm³/mol. The SMILES string of the molecule is CCOc1ccc(-c2n[nH]c(=S)n2CCC(=O)Nc2ncccc2C)cc1. The van der Waals surface area contributed by atoms with Crippen LogP contribution in [0, 0.1) is 11.7 Å². The smallest absolute Gasteiger partial charge is 0.227 e. The number of anilines is 1. The number of carbonyl (C=O) groups excluding carboxylic acids is 1. The van der Waals surface area contributed by atoms with Gasteiger partial charge in [0.25, 0.3) is 0 Å². The molecule has 0 bridgehead atoms. The van der Waals surface area contributed by atoms with E-state index in [4.69, 9.17) is 17.0 Å². The molecule has 0 saturated carbocycles. The maximum Gasteiger partial charge on any atom is 0.227 e. The van der Waals surface area contributed by atoms with E-state index >= 15 is 0 Å². The Morgan fingerprint density at radius 1 is 1.30 bits per heavy atom. The van der Waals surface area contributed by atoms with Crippen LogP contribution in [0.2, 0.25) is 0 Å². The molecule has 3 aromatic rings. The molecule has 7 nitrogen and oxygen atoms in total. The van der Waals surface area contributed by atoms with E-state index in [9.17, 15) is 4.79 Å². The predicted octanol–water partition coefficient (Wildman–Crippen LogP) is 3.74. The first kappa shape index (κ1) is 18.8. The first-order valence-electron chi connectivity index (χ1n) is 8.68. The molecule has 2 heterocycles. The van der Waals surface area contributed by atoms with E-state index in [0.717, 1.165) is 16.9 Å². The van der Waals surface area contributed by atoms with Crippen LogP contribution >= 0.6 is 12.2 Å². The van der Waals surface area contributed by atoms with E-state index < -0.39 is 0 Å². The van der Waals surface area contributed by atoms with E-state index in [1.807, 2.05) is 54.8 Å². The topological polar surface area (TPSA) is 84.8 Å². The van der Waals surface area contributed by atoms with Crippen molar-refractivity contribution in [2.24, 2.45) is 0 Å². The van der Waals surface area contributed by atoms with Gasteiger partial charge < -0.3 is 10.1 Å². The number of amides is 1. The number of nitrogens with zero attached hydrogens (tertiary/aromatic N) is 3. The van der Waals surface area contributed by atoms with Crippen LogP contribution < -0.4 is 10.1 Å². The average molecular weight is 383 g/mol. The average Bonchev–Trinajstić information content (AvgIpc) is 3.03. The lowest BCUT2D eigenvalue weighted by molar-refractivity contribution is -0.116. The van der Waals surface area contributed by atoms with Crippen molar-refractivity contribution in [2.75, 3.05) is 11.9 Å². The van der Waals surface area contributed by atoms with Crippen LogP contribution in [0.1, 0.15) is 18.9 Å². The Labute approximate surface area is 162 Å². The molecule has 0 spiro atoms. The zero-order valence-corrected chi connectivity index (χ0v) is 16.0. The lowest BCUT2D eigenvalue weighted by Crippen LogP contribution is -2.16. The van der Waals surface area contributed by atoms with Crippen molar-refractivity contribution in [3.8, 4) is 17.1 Å². The fraction of sp³-hybridized carbons (Fsp3) is 0.263. The second-order valence-electron chi connectivity index (χ2n) is 5.93. The molecule has 8 heteroatoms. The minimum absolute atomic E-state index is 0.127. The summed E-state index contributed by atoms with van der Waals surface area (Å²) in [6, 6.07) is 11.3. The van der Waals surface area contributed by atoms with Crippen molar-refractivity contribution in [3.63, 3.8) is 0 Å². The molecular formula is C19H21N5O2S. The summed E-state index contributed by atoms with van der Waals surface area (Å²) in [5.74, 6) is 1.93. The van der Waals surface area contributed by atoms with Crippen LogP contribution in [0.3, 0.4) is 0 Å². The monoisotopic (exact) mass is 383 g/mol. The Bertz CT molecular complexity index is 978. The molecule has 0 atom stereocenters. The van der Waals surface area contributed by atoms with E-state index in [1.54, 1.807) is 6.20 Å². The number of rotatable bonds is 7. The Morgan fingerprint density at radius 2 is 2.07 bits per heavy atom. The van der Waals surface area contributed by atoms with E-state index in [0.29, 0.717) is 29.6 Å². The summed E-state index contributed by atoms with van der Waals surface area (Å²) < 4.78 is 7.75. The minimum atomic E-state index is -0.127. The van der Waals surface area contributed by atoms with Gasteiger partial charge in [-0.3, -0.25) is 14.5 Å². The Morgan fingerprint density at radius 3 is 2.78 bits per heavy atom. The number of benzene rings is 1. The zero-order chi connectivity index (χ0) is 19.2. The van der Waals surface area contributed by atoms with Gasteiger partial charge in [-0.15, -0.1) is 0 Å². The number of hydrogen-bond donors (Lipinski definition) is 2. The Hall–Kier alpha value is -3.00. The lowest BCUT2D eigenvalue weighted by Gasteiger charge is -2.09. The fourth-order valence-electron chi connectivity index (χ4n) is 2.64. The lowest BCUT2D eigenvalue weighted by atomic mass is 10.2. The molecule has 140 valence electrons. The molecule has 0 radical (unpaired) electrons. The van der Waals surface area contributed by atoms with E-state index in [-0.39, 0.29) is 12.3 Å². The molecule has 0 saturated heterocycles. The molecular weight excluding hydrogens is 362 g/mol. The quantitative estimate of drug-likeness (QED) is 0.607. The van der Waals surface area contributed by atoms with Crippen molar-refractivity contribution in [1.82, 2.24) is 19.7 Å². The van der Waals surface area contributed by atoms with Gasteiger partial charge in [-0.25, -0.2) is 4.98 Å². The number of aryl methyl sites for hydroxylation is 1. The Balaban J connectivity index is 1.70. The number of carbonyl (C=O) groups is 1. The summed E-state index contributed by atoms with van der Waals surface area (Å²) in [6.45, 7) is 4.87. The van der Waals surface area contributed by atoms with Crippen LogP contribution in [-0.2, 0) is 11.3 Å². The second kappa shape index (κ2) is 8.59. The van der Waals surface area contributed by atoms with Crippen molar-refractivity contribution >= 4 is 23.9 Å². The maximum atomic E-state index is 12.3. The van der Waals surface area contributed by atoms with E-state index in [1.165, 1.54) is 0 Å². The van der Waals surface area contributed by atoms with Crippen molar-refractivity contribution in [1.29, 1.82) is 0 Å². The molecule has 1 amide bonds. The number of pyridine rings is 1. The van der Waals surface area contributed by atoms with Crippen molar-refractivity contribution in [2.45, 2.75) is 26.8 Å². The van der Waals surface area contributed by atoms with Crippen LogP contribution in [0.5, 0.6) is 5.75 Å². The first-order valence-corrected chi connectivity index (χ1v) is 9.09. The van der Waals surface area contributed by atoms with Gasteiger partial charge in [0.1, 0.15) is 11.6 Å². The summed E-state index contributed by atoms with van der Waals surface area (Å²) in [4.78, 5) is 16.5. The summed E-state index contributed by atoms with van der Waals surface area (Å²) in [5, 5.41) is 9.93. The highest BCUT2D eigenvalue weighted by Gasteiger charge is 2.12. The molecule has 0 aliphatic carbocycles. The van der Waals surface area contributed by atoms with Gasteiger partial charge in [0.15, 0.2) is 10.6 Å². The van der Waals surface area contributed by atoms with Crippen LogP contribution in [0.4, 0.5) is 5.82 Å². The summed E-state index contributed by atoms with van der Waals surface area (Å²) in [6.07, 6.45) is 1.91. The minimum Gasteiger partial charge on any atom is -0.494 e. The van der Waals surface area contributed by atoms with Crippen molar-refractivity contribution < 1.29 is 9.53 Å². The zero-order valence-electron chi connectivity index (χ0n) is 15.2. The highest BCUT2D eigenvalue weighted by molar-refractivity contribution is 7.71.